The summed E-state index contributed by atoms with van der Waals surface area (Å²) in [6.07, 6.45) is 0.778. The van der Waals surface area contributed by atoms with Gasteiger partial charge < -0.3 is 15.7 Å². The van der Waals surface area contributed by atoms with Crippen molar-refractivity contribution < 1.29 is 14.7 Å². The molecule has 5 nitrogen and oxygen atoms in total. The Morgan fingerprint density at radius 3 is 2.44 bits per heavy atom. The number of hydrogen-bond donors (Lipinski definition) is 3. The van der Waals surface area contributed by atoms with Crippen molar-refractivity contribution in [3.8, 4) is 0 Å². The Bertz CT molecular complexity index is 323. The quantitative estimate of drug-likeness (QED) is 0.701. The SMILES string of the molecule is CC1NCCC1C(=O)NC(CC(=O)O)C(C)(C)C. The number of carboxylic acids is 1. The minimum atomic E-state index is -0.882. The van der Waals surface area contributed by atoms with Crippen molar-refractivity contribution in [3.63, 3.8) is 0 Å². The number of hydrogen-bond acceptors (Lipinski definition) is 3. The smallest absolute Gasteiger partial charge is 0.305 e. The largest absolute Gasteiger partial charge is 0.481 e. The highest BCUT2D eigenvalue weighted by Gasteiger charge is 2.34. The van der Waals surface area contributed by atoms with E-state index in [1.807, 2.05) is 27.7 Å². The van der Waals surface area contributed by atoms with E-state index in [1.54, 1.807) is 0 Å². The highest BCUT2D eigenvalue weighted by molar-refractivity contribution is 5.81. The average Bonchev–Trinajstić information content (AvgIpc) is 2.61. The molecule has 0 radical (unpaired) electrons. The first-order chi connectivity index (χ1) is 8.21. The van der Waals surface area contributed by atoms with Crippen LogP contribution in [-0.2, 0) is 9.59 Å². The monoisotopic (exact) mass is 256 g/mol. The lowest BCUT2D eigenvalue weighted by atomic mass is 9.84. The third-order valence-electron chi connectivity index (χ3n) is 3.60. The molecule has 0 aromatic rings. The molecule has 1 fully saturated rings. The molecule has 104 valence electrons. The lowest BCUT2D eigenvalue weighted by Gasteiger charge is -2.31. The zero-order chi connectivity index (χ0) is 13.9. The van der Waals surface area contributed by atoms with Crippen LogP contribution < -0.4 is 10.6 Å². The van der Waals surface area contributed by atoms with Crippen LogP contribution in [0.4, 0.5) is 0 Å². The maximum atomic E-state index is 12.2. The molecule has 18 heavy (non-hydrogen) atoms. The number of carbonyl (C=O) groups is 2. The van der Waals surface area contributed by atoms with Gasteiger partial charge in [0.2, 0.25) is 5.91 Å². The molecule has 1 amide bonds. The fraction of sp³-hybridized carbons (Fsp3) is 0.846. The van der Waals surface area contributed by atoms with Crippen molar-refractivity contribution in [2.75, 3.05) is 6.54 Å². The van der Waals surface area contributed by atoms with E-state index < -0.39 is 5.97 Å². The van der Waals surface area contributed by atoms with Crippen molar-refractivity contribution in [1.29, 1.82) is 0 Å². The Morgan fingerprint density at radius 1 is 1.44 bits per heavy atom. The van der Waals surface area contributed by atoms with Crippen LogP contribution in [0.2, 0.25) is 0 Å². The molecule has 5 heteroatoms. The van der Waals surface area contributed by atoms with Crippen molar-refractivity contribution in [3.05, 3.63) is 0 Å². The van der Waals surface area contributed by atoms with Gasteiger partial charge in [0.15, 0.2) is 0 Å². The van der Waals surface area contributed by atoms with Crippen molar-refractivity contribution in [1.82, 2.24) is 10.6 Å². The van der Waals surface area contributed by atoms with Gasteiger partial charge in [-0.3, -0.25) is 9.59 Å². The summed E-state index contributed by atoms with van der Waals surface area (Å²) in [7, 11) is 0. The summed E-state index contributed by atoms with van der Waals surface area (Å²) in [5, 5.41) is 15.0. The van der Waals surface area contributed by atoms with Crippen LogP contribution in [0.5, 0.6) is 0 Å². The van der Waals surface area contributed by atoms with Crippen LogP contribution in [0.25, 0.3) is 0 Å². The van der Waals surface area contributed by atoms with Crippen molar-refractivity contribution in [2.24, 2.45) is 11.3 Å². The maximum Gasteiger partial charge on any atom is 0.305 e. The zero-order valence-electron chi connectivity index (χ0n) is 11.6. The molecular formula is C13H24N2O3. The van der Waals surface area contributed by atoms with Crippen molar-refractivity contribution >= 4 is 11.9 Å². The Hall–Kier alpha value is -1.10. The highest BCUT2D eigenvalue weighted by Crippen LogP contribution is 2.23. The third kappa shape index (κ3) is 3.98. The molecule has 1 aliphatic rings. The van der Waals surface area contributed by atoms with E-state index in [0.717, 1.165) is 13.0 Å². The van der Waals surface area contributed by atoms with E-state index in [9.17, 15) is 9.59 Å². The first-order valence-corrected chi connectivity index (χ1v) is 6.47. The lowest BCUT2D eigenvalue weighted by molar-refractivity contribution is -0.138. The molecule has 0 aliphatic carbocycles. The zero-order valence-corrected chi connectivity index (χ0v) is 11.6. The van der Waals surface area contributed by atoms with Crippen molar-refractivity contribution in [2.45, 2.75) is 52.6 Å². The van der Waals surface area contributed by atoms with Crippen LogP contribution in [0.3, 0.4) is 0 Å². The highest BCUT2D eigenvalue weighted by atomic mass is 16.4. The van der Waals surface area contributed by atoms with E-state index in [1.165, 1.54) is 0 Å². The second kappa shape index (κ2) is 5.69. The van der Waals surface area contributed by atoms with Gasteiger partial charge in [-0.15, -0.1) is 0 Å². The average molecular weight is 256 g/mol. The standard InChI is InChI=1S/C13H24N2O3/c1-8-9(5-6-14-8)12(18)15-10(7-11(16)17)13(2,3)4/h8-10,14H,5-7H2,1-4H3,(H,15,18)(H,16,17). The third-order valence-corrected chi connectivity index (χ3v) is 3.60. The molecule has 1 saturated heterocycles. The summed E-state index contributed by atoms with van der Waals surface area (Å²) in [6.45, 7) is 8.66. The summed E-state index contributed by atoms with van der Waals surface area (Å²) >= 11 is 0. The Labute approximate surface area is 108 Å². The van der Waals surface area contributed by atoms with E-state index in [-0.39, 0.29) is 35.7 Å². The predicted octanol–water partition coefficient (Wildman–Crippen LogP) is 0.990. The van der Waals surface area contributed by atoms with Gasteiger partial charge in [0.1, 0.15) is 0 Å². The summed E-state index contributed by atoms with van der Waals surface area (Å²) in [5.74, 6) is -0.967. The molecular weight excluding hydrogens is 232 g/mol. The molecule has 3 unspecified atom stereocenters. The van der Waals surface area contributed by atoms with E-state index in [4.69, 9.17) is 5.11 Å². The molecule has 0 spiro atoms. The van der Waals surface area contributed by atoms with Gasteiger partial charge in [0.25, 0.3) is 0 Å². The molecule has 1 rings (SSSR count). The molecule has 3 atom stereocenters. The molecule has 0 aromatic heterocycles. The Morgan fingerprint density at radius 2 is 2.06 bits per heavy atom. The van der Waals surface area contributed by atoms with Crippen LogP contribution >= 0.6 is 0 Å². The fourth-order valence-electron chi connectivity index (χ4n) is 2.24. The topological polar surface area (TPSA) is 78.4 Å². The number of aliphatic carboxylic acids is 1. The fourth-order valence-corrected chi connectivity index (χ4v) is 2.24. The number of amides is 1. The van der Waals surface area contributed by atoms with Crippen LogP contribution in [0.1, 0.15) is 40.5 Å². The van der Waals surface area contributed by atoms with Crippen LogP contribution in [-0.4, -0.2) is 35.6 Å². The molecule has 0 bridgehead atoms. The Kier molecular flexibility index (Phi) is 4.73. The van der Waals surface area contributed by atoms with Gasteiger partial charge >= 0.3 is 5.97 Å². The number of carbonyl (C=O) groups excluding carboxylic acids is 1. The van der Waals surface area contributed by atoms with Crippen LogP contribution in [0, 0.1) is 11.3 Å². The summed E-state index contributed by atoms with van der Waals surface area (Å²) < 4.78 is 0. The molecule has 0 aromatic carbocycles. The van der Waals surface area contributed by atoms with E-state index >= 15 is 0 Å². The van der Waals surface area contributed by atoms with Crippen LogP contribution in [0.15, 0.2) is 0 Å². The first kappa shape index (κ1) is 15.0. The van der Waals surface area contributed by atoms with Gasteiger partial charge in [0, 0.05) is 12.1 Å². The summed E-state index contributed by atoms with van der Waals surface area (Å²) in [6, 6.07) is -0.175. The Balaban J connectivity index is 2.65. The van der Waals surface area contributed by atoms with E-state index in [2.05, 4.69) is 10.6 Å². The van der Waals surface area contributed by atoms with Gasteiger partial charge in [-0.2, -0.15) is 0 Å². The lowest BCUT2D eigenvalue weighted by Crippen LogP contribution is -2.48. The molecule has 0 saturated carbocycles. The van der Waals surface area contributed by atoms with Gasteiger partial charge in [-0.25, -0.2) is 0 Å². The second-order valence-electron chi connectivity index (χ2n) is 6.16. The van der Waals surface area contributed by atoms with Gasteiger partial charge in [-0.1, -0.05) is 20.8 Å². The normalized spacial score (nSPS) is 25.8. The summed E-state index contributed by atoms with van der Waals surface area (Å²) in [4.78, 5) is 23.0. The molecule has 3 N–H and O–H groups in total. The minimum Gasteiger partial charge on any atom is -0.481 e. The summed E-state index contributed by atoms with van der Waals surface area (Å²) in [5.41, 5.74) is -0.261. The number of rotatable bonds is 4. The first-order valence-electron chi connectivity index (χ1n) is 6.47. The number of carboxylic acid groups (broad SMARTS) is 1. The van der Waals surface area contributed by atoms with Gasteiger partial charge in [-0.05, 0) is 25.3 Å². The van der Waals surface area contributed by atoms with E-state index in [0.29, 0.717) is 0 Å². The molecule has 1 heterocycles. The maximum absolute atomic E-state index is 12.2. The minimum absolute atomic E-state index is 0.0336. The molecule has 1 aliphatic heterocycles. The second-order valence-corrected chi connectivity index (χ2v) is 6.16. The van der Waals surface area contributed by atoms with Gasteiger partial charge in [0.05, 0.1) is 12.3 Å². The number of nitrogens with one attached hydrogen (secondary N) is 2. The predicted molar refractivity (Wildman–Crippen MR) is 69.2 cm³/mol.